The lowest BCUT2D eigenvalue weighted by Gasteiger charge is -2.45. The SMILES string of the molecule is CC(=O)N[C@@H](Cc1cc(O)cc(F)c1)[C@H](O)[C@H]1CN(Cc2ccccc2)CCN1C(=O)OC(C)(C)C.CC(=O)N[C@@H](Cc1cc(O)cc(F)c1)[C@H](O)[C@H]1CN(S(=O)(=O)c2cccc(C)c2)CCN1C(=O)OC(C)(C)C.Cc1cccc(S(=O)(=O)Cl)c1. The Hall–Kier alpha value is -6.93. The number of benzene rings is 5. The number of phenolic OH excluding ortho intramolecular Hbond substituents is 2. The largest absolute Gasteiger partial charge is 0.508 e. The molecule has 0 aliphatic carbocycles. The molecule has 5 aromatic carbocycles. The molecule has 0 bridgehead atoms. The standard InChI is InChI=1S/C27H36FN3O7S.C27H36FN3O5.C7H7ClO2S/c1-17-7-6-8-22(11-17)39(36,37)30-9-10-31(26(35)38-27(3,4)5)24(16-30)25(34)23(29-18(2)32)14-19-12-20(28)15-21(33)13-19;1-18(32)29-23(14-20-12-21(28)15-22(33)13-20)25(34)24-17-30(16-19-8-6-5-7-9-19)10-11-31(24)26(35)36-27(2,3)4;1-6-3-2-4-7(5-6)11(8,9)10/h6-8,11-13,15,23-25,33-34H,9-10,14,16H2,1-5H3,(H,29,32);5-9,12-13,15,23-25,33-34H,10-11,14,16-17H2,1-4H3,(H,29,32);2-5H,1H3/t2*23-,24+,25-;/m00./s1. The van der Waals surface area contributed by atoms with Gasteiger partial charge in [0, 0.05) is 82.5 Å². The Morgan fingerprint density at radius 2 is 1.02 bits per heavy atom. The summed E-state index contributed by atoms with van der Waals surface area (Å²) in [5.41, 5.74) is 1.86. The van der Waals surface area contributed by atoms with Crippen LogP contribution in [0, 0.1) is 25.5 Å². The second-order valence-electron chi connectivity index (χ2n) is 23.3. The quantitative estimate of drug-likeness (QED) is 0.0553. The van der Waals surface area contributed by atoms with E-state index in [-0.39, 0.29) is 65.2 Å². The van der Waals surface area contributed by atoms with Gasteiger partial charge in [-0.05, 0) is 145 Å². The van der Waals surface area contributed by atoms with Crippen LogP contribution in [-0.2, 0) is 57.5 Å². The predicted molar refractivity (Wildman–Crippen MR) is 320 cm³/mol. The third-order valence-corrected chi connectivity index (χ3v) is 16.7. The lowest BCUT2D eigenvalue weighted by atomic mass is 9.93. The molecule has 7 rings (SSSR count). The van der Waals surface area contributed by atoms with E-state index in [1.54, 1.807) is 66.7 Å². The van der Waals surface area contributed by atoms with Crippen LogP contribution < -0.4 is 10.6 Å². The highest BCUT2D eigenvalue weighted by Crippen LogP contribution is 2.28. The van der Waals surface area contributed by atoms with Crippen LogP contribution in [0.25, 0.3) is 0 Å². The van der Waals surface area contributed by atoms with Crippen LogP contribution in [-0.4, -0.2) is 167 Å². The second kappa shape index (κ2) is 30.1. The molecule has 5 aromatic rings. The van der Waals surface area contributed by atoms with E-state index in [0.29, 0.717) is 31.7 Å². The summed E-state index contributed by atoms with van der Waals surface area (Å²) in [7, 11) is -2.43. The number of carbonyl (C=O) groups is 4. The molecular weight excluding hydrogens is 1180 g/mol. The van der Waals surface area contributed by atoms with Crippen LogP contribution >= 0.6 is 10.7 Å². The van der Waals surface area contributed by atoms with E-state index < -0.39 is 96.4 Å². The Labute approximate surface area is 507 Å². The first kappa shape index (κ1) is 69.8. The van der Waals surface area contributed by atoms with Gasteiger partial charge in [-0.25, -0.2) is 35.2 Å². The first-order chi connectivity index (χ1) is 40.0. The van der Waals surface area contributed by atoms with Crippen LogP contribution in [0.15, 0.2) is 125 Å². The number of hydrogen-bond acceptors (Lipinski definition) is 15. The molecule has 20 nitrogen and oxygen atoms in total. The Morgan fingerprint density at radius 1 is 0.593 bits per heavy atom. The first-order valence-corrected chi connectivity index (χ1v) is 31.4. The summed E-state index contributed by atoms with van der Waals surface area (Å²) < 4.78 is 88.7. The van der Waals surface area contributed by atoms with Gasteiger partial charge in [-0.2, -0.15) is 4.31 Å². The highest BCUT2D eigenvalue weighted by atomic mass is 35.7. The molecule has 2 saturated heterocycles. The number of nitrogens with zero attached hydrogens (tertiary/aromatic N) is 4. The van der Waals surface area contributed by atoms with E-state index in [1.165, 1.54) is 70.4 Å². The topological polar surface area (TPSA) is 273 Å². The number of aliphatic hydroxyl groups excluding tert-OH is 2. The average molecular weight is 1260 g/mol. The molecule has 6 N–H and O–H groups in total. The van der Waals surface area contributed by atoms with Gasteiger partial charge in [0.05, 0.1) is 46.2 Å². The highest BCUT2D eigenvalue weighted by molar-refractivity contribution is 8.13. The van der Waals surface area contributed by atoms with Gasteiger partial charge in [-0.3, -0.25) is 24.3 Å². The third-order valence-electron chi connectivity index (χ3n) is 13.5. The summed E-state index contributed by atoms with van der Waals surface area (Å²) in [4.78, 5) is 55.4. The van der Waals surface area contributed by atoms with E-state index in [0.717, 1.165) is 34.9 Å². The minimum absolute atomic E-state index is 0.0404. The van der Waals surface area contributed by atoms with E-state index in [2.05, 4.69) is 15.5 Å². The molecule has 0 unspecified atom stereocenters. The van der Waals surface area contributed by atoms with Crippen molar-refractivity contribution in [1.29, 1.82) is 0 Å². The van der Waals surface area contributed by atoms with Crippen LogP contribution in [0.5, 0.6) is 11.5 Å². The summed E-state index contributed by atoms with van der Waals surface area (Å²) in [6.45, 7) is 18.0. The molecule has 0 radical (unpaired) electrons. The van der Waals surface area contributed by atoms with Gasteiger partial charge in [-0.1, -0.05) is 54.6 Å². The number of aryl methyl sites for hydroxylation is 2. The zero-order valence-electron chi connectivity index (χ0n) is 49.9. The molecule has 2 aliphatic rings. The number of amides is 4. The number of piperazine rings is 2. The molecule has 86 heavy (non-hydrogen) atoms. The van der Waals surface area contributed by atoms with Crippen LogP contribution in [0.3, 0.4) is 0 Å². The van der Waals surface area contributed by atoms with Crippen molar-refractivity contribution in [2.24, 2.45) is 0 Å². The first-order valence-electron chi connectivity index (χ1n) is 27.7. The van der Waals surface area contributed by atoms with E-state index >= 15 is 0 Å². The van der Waals surface area contributed by atoms with Gasteiger partial charge in [0.25, 0.3) is 9.05 Å². The van der Waals surface area contributed by atoms with Crippen LogP contribution in [0.2, 0.25) is 0 Å². The number of aliphatic hydroxyl groups is 2. The van der Waals surface area contributed by atoms with Crippen LogP contribution in [0.4, 0.5) is 18.4 Å². The lowest BCUT2D eigenvalue weighted by molar-refractivity contribution is -0.122. The fraction of sp³-hybridized carbons (Fsp3) is 0.443. The Balaban J connectivity index is 0.000000267. The molecule has 470 valence electrons. The van der Waals surface area contributed by atoms with Crippen molar-refractivity contribution in [3.05, 3.63) is 155 Å². The Bertz CT molecular complexity index is 3330. The van der Waals surface area contributed by atoms with Crippen molar-refractivity contribution in [3.63, 3.8) is 0 Å². The number of ether oxygens (including phenoxy) is 2. The minimum atomic E-state index is -3.98. The number of carbonyl (C=O) groups excluding carboxylic acids is 4. The van der Waals surface area contributed by atoms with Gasteiger partial charge in [0.1, 0.15) is 34.3 Å². The number of sulfonamides is 1. The third kappa shape index (κ3) is 21.8. The molecular formula is C61H79ClF2N6O14S2. The number of hydrogen-bond donors (Lipinski definition) is 6. The summed E-state index contributed by atoms with van der Waals surface area (Å²) in [5.74, 6) is -2.77. The average Bonchev–Trinajstić information content (AvgIpc) is 1.22. The van der Waals surface area contributed by atoms with E-state index in [1.807, 2.05) is 43.3 Å². The Kier molecular flexibility index (Phi) is 24.5. The van der Waals surface area contributed by atoms with Crippen LogP contribution in [0.1, 0.15) is 83.2 Å². The monoisotopic (exact) mass is 1260 g/mol. The van der Waals surface area contributed by atoms with E-state index in [9.17, 15) is 65.2 Å². The van der Waals surface area contributed by atoms with Gasteiger partial charge >= 0.3 is 12.2 Å². The maximum absolute atomic E-state index is 13.9. The minimum Gasteiger partial charge on any atom is -0.508 e. The number of aromatic hydroxyl groups is 2. The summed E-state index contributed by atoms with van der Waals surface area (Å²) in [6.07, 6.45) is -4.01. The number of halogens is 3. The molecule has 2 heterocycles. The number of rotatable bonds is 15. The summed E-state index contributed by atoms with van der Waals surface area (Å²) >= 11 is 0. The summed E-state index contributed by atoms with van der Waals surface area (Å²) in [5, 5.41) is 48.1. The van der Waals surface area contributed by atoms with Crippen molar-refractivity contribution < 1.29 is 74.7 Å². The number of phenols is 2. The molecule has 2 fully saturated rings. The molecule has 0 saturated carbocycles. The van der Waals surface area contributed by atoms with Crippen molar-refractivity contribution in [2.45, 2.75) is 146 Å². The van der Waals surface area contributed by atoms with Gasteiger partial charge in [0.2, 0.25) is 21.8 Å². The maximum Gasteiger partial charge on any atom is 0.410 e. The normalized spacial score (nSPS) is 17.5. The van der Waals surface area contributed by atoms with E-state index in [4.69, 9.17) is 20.2 Å². The van der Waals surface area contributed by atoms with Gasteiger partial charge < -0.3 is 40.5 Å². The molecule has 2 aliphatic heterocycles. The molecule has 0 aromatic heterocycles. The Morgan fingerprint density at radius 3 is 1.43 bits per heavy atom. The predicted octanol–water partition coefficient (Wildman–Crippen LogP) is 7.54. The fourth-order valence-electron chi connectivity index (χ4n) is 9.81. The number of nitrogens with one attached hydrogen (secondary N) is 2. The zero-order valence-corrected chi connectivity index (χ0v) is 52.3. The van der Waals surface area contributed by atoms with Gasteiger partial charge in [0.15, 0.2) is 0 Å². The molecule has 25 heteroatoms. The van der Waals surface area contributed by atoms with Crippen molar-refractivity contribution in [1.82, 2.24) is 29.6 Å². The highest BCUT2D eigenvalue weighted by Gasteiger charge is 2.44. The van der Waals surface area contributed by atoms with Crippen molar-refractivity contribution in [3.8, 4) is 11.5 Å². The van der Waals surface area contributed by atoms with Gasteiger partial charge in [-0.15, -0.1) is 0 Å². The fourth-order valence-corrected chi connectivity index (χ4v) is 12.2. The summed E-state index contributed by atoms with van der Waals surface area (Å²) in [6, 6.07) is 26.1. The molecule has 4 amide bonds. The second-order valence-corrected chi connectivity index (χ2v) is 27.8. The molecule has 0 spiro atoms. The smallest absolute Gasteiger partial charge is 0.410 e. The molecule has 6 atom stereocenters. The van der Waals surface area contributed by atoms with Crippen molar-refractivity contribution in [2.75, 3.05) is 39.3 Å². The maximum atomic E-state index is 13.9. The zero-order chi connectivity index (χ0) is 64.1. The van der Waals surface area contributed by atoms with Crippen molar-refractivity contribution >= 4 is 53.8 Å². The lowest BCUT2D eigenvalue weighted by Crippen LogP contribution is -2.64.